The molecule has 0 saturated carbocycles. The monoisotopic (exact) mass is 264 g/mol. The Morgan fingerprint density at radius 1 is 1.21 bits per heavy atom. The Hall–Kier alpha value is -1.71. The van der Waals surface area contributed by atoms with Gasteiger partial charge in [-0.1, -0.05) is 33.1 Å². The fourth-order valence-electron chi connectivity index (χ4n) is 1.97. The topological polar surface area (TPSA) is 78.3 Å². The maximum Gasteiger partial charge on any atom is 0.338 e. The SMILES string of the molecule is CCCCC(CC)COC(=O)c1cc(N)cc(N)c1. The zero-order valence-corrected chi connectivity index (χ0v) is 11.8. The highest BCUT2D eigenvalue weighted by molar-refractivity contribution is 5.91. The van der Waals surface area contributed by atoms with Gasteiger partial charge in [0.25, 0.3) is 0 Å². The number of rotatable bonds is 7. The molecule has 1 unspecified atom stereocenters. The maximum absolute atomic E-state index is 11.9. The summed E-state index contributed by atoms with van der Waals surface area (Å²) >= 11 is 0. The molecule has 0 heterocycles. The second-order valence-corrected chi connectivity index (χ2v) is 4.90. The van der Waals surface area contributed by atoms with E-state index in [-0.39, 0.29) is 5.97 Å². The summed E-state index contributed by atoms with van der Waals surface area (Å²) < 4.78 is 5.34. The predicted octanol–water partition coefficient (Wildman–Crippen LogP) is 3.22. The molecule has 1 aromatic rings. The minimum absolute atomic E-state index is 0.353. The summed E-state index contributed by atoms with van der Waals surface area (Å²) in [6, 6.07) is 4.80. The summed E-state index contributed by atoms with van der Waals surface area (Å²) in [5.74, 6) is 0.0799. The van der Waals surface area contributed by atoms with Crippen molar-refractivity contribution in [3.05, 3.63) is 23.8 Å². The van der Waals surface area contributed by atoms with Gasteiger partial charge in [0.05, 0.1) is 12.2 Å². The van der Waals surface area contributed by atoms with Crippen molar-refractivity contribution >= 4 is 17.3 Å². The smallest absolute Gasteiger partial charge is 0.338 e. The second kappa shape index (κ2) is 7.67. The standard InChI is InChI=1S/C15H24N2O2/c1-3-5-6-11(4-2)10-19-15(18)12-7-13(16)9-14(17)8-12/h7-9,11H,3-6,10,16-17H2,1-2H3. The van der Waals surface area contributed by atoms with Crippen LogP contribution in [-0.4, -0.2) is 12.6 Å². The van der Waals surface area contributed by atoms with Gasteiger partial charge < -0.3 is 16.2 Å². The lowest BCUT2D eigenvalue weighted by atomic mass is 10.0. The van der Waals surface area contributed by atoms with Crippen LogP contribution in [-0.2, 0) is 4.74 Å². The number of hydrogen-bond acceptors (Lipinski definition) is 4. The van der Waals surface area contributed by atoms with Crippen LogP contribution in [0.2, 0.25) is 0 Å². The third-order valence-corrected chi connectivity index (χ3v) is 3.21. The van der Waals surface area contributed by atoms with Crippen LogP contribution in [0, 0.1) is 5.92 Å². The van der Waals surface area contributed by atoms with E-state index < -0.39 is 0 Å². The van der Waals surface area contributed by atoms with E-state index in [0.29, 0.717) is 29.5 Å². The summed E-state index contributed by atoms with van der Waals surface area (Å²) in [5.41, 5.74) is 12.7. The van der Waals surface area contributed by atoms with Crippen molar-refractivity contribution in [3.8, 4) is 0 Å². The molecule has 4 heteroatoms. The molecule has 1 rings (SSSR count). The number of hydrogen-bond donors (Lipinski definition) is 2. The van der Waals surface area contributed by atoms with E-state index in [1.807, 2.05) is 0 Å². The van der Waals surface area contributed by atoms with Crippen LogP contribution in [0.5, 0.6) is 0 Å². The molecule has 0 fully saturated rings. The highest BCUT2D eigenvalue weighted by Gasteiger charge is 2.12. The van der Waals surface area contributed by atoms with Crippen molar-refractivity contribution in [2.45, 2.75) is 39.5 Å². The fourth-order valence-corrected chi connectivity index (χ4v) is 1.97. The molecule has 106 valence electrons. The quantitative estimate of drug-likeness (QED) is 0.585. The molecule has 19 heavy (non-hydrogen) atoms. The Kier molecular flexibility index (Phi) is 6.19. The van der Waals surface area contributed by atoms with Crippen molar-refractivity contribution < 1.29 is 9.53 Å². The number of benzene rings is 1. The maximum atomic E-state index is 11.9. The lowest BCUT2D eigenvalue weighted by molar-refractivity contribution is 0.0428. The van der Waals surface area contributed by atoms with Crippen LogP contribution < -0.4 is 11.5 Å². The van der Waals surface area contributed by atoms with Crippen LogP contribution in [0.3, 0.4) is 0 Å². The van der Waals surface area contributed by atoms with Gasteiger partial charge in [0, 0.05) is 11.4 Å². The van der Waals surface area contributed by atoms with Gasteiger partial charge in [0.2, 0.25) is 0 Å². The van der Waals surface area contributed by atoms with E-state index in [2.05, 4.69) is 13.8 Å². The highest BCUT2D eigenvalue weighted by Crippen LogP contribution is 2.17. The van der Waals surface area contributed by atoms with E-state index >= 15 is 0 Å². The number of carbonyl (C=O) groups excluding carboxylic acids is 1. The molecule has 0 aliphatic carbocycles. The lowest BCUT2D eigenvalue weighted by Crippen LogP contribution is -2.14. The first-order valence-electron chi connectivity index (χ1n) is 6.90. The number of ether oxygens (including phenoxy) is 1. The summed E-state index contributed by atoms with van der Waals surface area (Å²) in [7, 11) is 0. The molecule has 0 saturated heterocycles. The van der Waals surface area contributed by atoms with Crippen molar-refractivity contribution in [1.82, 2.24) is 0 Å². The molecule has 0 aromatic heterocycles. The Labute approximate surface area is 115 Å². The molecule has 0 aliphatic rings. The molecule has 0 spiro atoms. The Balaban J connectivity index is 2.54. The number of esters is 1. The van der Waals surface area contributed by atoms with Gasteiger partial charge in [0.1, 0.15) is 0 Å². The molecule has 0 amide bonds. The summed E-state index contributed by atoms with van der Waals surface area (Å²) in [4.78, 5) is 11.9. The van der Waals surface area contributed by atoms with E-state index in [9.17, 15) is 4.79 Å². The lowest BCUT2D eigenvalue weighted by Gasteiger charge is -2.14. The Bertz CT molecular complexity index is 398. The first kappa shape index (κ1) is 15.3. The van der Waals surface area contributed by atoms with Gasteiger partial charge in [-0.05, 0) is 30.5 Å². The van der Waals surface area contributed by atoms with Crippen LogP contribution in [0.25, 0.3) is 0 Å². The molecule has 0 aliphatic heterocycles. The normalized spacial score (nSPS) is 12.1. The fraction of sp³-hybridized carbons (Fsp3) is 0.533. The highest BCUT2D eigenvalue weighted by atomic mass is 16.5. The minimum atomic E-state index is -0.353. The minimum Gasteiger partial charge on any atom is -0.462 e. The summed E-state index contributed by atoms with van der Waals surface area (Å²) in [6.45, 7) is 4.74. The van der Waals surface area contributed by atoms with Crippen LogP contribution in [0.15, 0.2) is 18.2 Å². The molecular formula is C15H24N2O2. The first-order valence-corrected chi connectivity index (χ1v) is 6.90. The van der Waals surface area contributed by atoms with E-state index in [0.717, 1.165) is 19.3 Å². The molecule has 1 atom stereocenters. The number of anilines is 2. The Morgan fingerprint density at radius 2 is 1.84 bits per heavy atom. The molecule has 0 bridgehead atoms. The zero-order chi connectivity index (χ0) is 14.3. The van der Waals surface area contributed by atoms with Gasteiger partial charge in [-0.15, -0.1) is 0 Å². The molecule has 4 N–H and O–H groups in total. The Morgan fingerprint density at radius 3 is 2.37 bits per heavy atom. The molecule has 1 aromatic carbocycles. The molecular weight excluding hydrogens is 240 g/mol. The molecule has 0 radical (unpaired) electrons. The van der Waals surface area contributed by atoms with Crippen molar-refractivity contribution in [3.63, 3.8) is 0 Å². The van der Waals surface area contributed by atoms with Crippen LogP contribution in [0.1, 0.15) is 49.9 Å². The zero-order valence-electron chi connectivity index (χ0n) is 11.8. The van der Waals surface area contributed by atoms with Crippen molar-refractivity contribution in [2.75, 3.05) is 18.1 Å². The average molecular weight is 264 g/mol. The van der Waals surface area contributed by atoms with Gasteiger partial charge in [-0.3, -0.25) is 0 Å². The number of unbranched alkanes of at least 4 members (excludes halogenated alkanes) is 1. The summed E-state index contributed by atoms with van der Waals surface area (Å²) in [5, 5.41) is 0. The largest absolute Gasteiger partial charge is 0.462 e. The van der Waals surface area contributed by atoms with E-state index in [4.69, 9.17) is 16.2 Å². The number of nitrogens with two attached hydrogens (primary N) is 2. The number of carbonyl (C=O) groups is 1. The molecule has 4 nitrogen and oxygen atoms in total. The van der Waals surface area contributed by atoms with Crippen molar-refractivity contribution in [2.24, 2.45) is 5.92 Å². The van der Waals surface area contributed by atoms with Gasteiger partial charge in [-0.25, -0.2) is 4.79 Å². The van der Waals surface area contributed by atoms with E-state index in [1.54, 1.807) is 18.2 Å². The third-order valence-electron chi connectivity index (χ3n) is 3.21. The van der Waals surface area contributed by atoms with Gasteiger partial charge in [0.15, 0.2) is 0 Å². The van der Waals surface area contributed by atoms with Gasteiger partial charge in [-0.2, -0.15) is 0 Å². The predicted molar refractivity (Wildman–Crippen MR) is 78.9 cm³/mol. The summed E-state index contributed by atoms with van der Waals surface area (Å²) in [6.07, 6.45) is 4.45. The van der Waals surface area contributed by atoms with Gasteiger partial charge >= 0.3 is 5.97 Å². The van der Waals surface area contributed by atoms with Crippen molar-refractivity contribution in [1.29, 1.82) is 0 Å². The van der Waals surface area contributed by atoms with Crippen LogP contribution >= 0.6 is 0 Å². The average Bonchev–Trinajstić information content (AvgIpc) is 2.37. The van der Waals surface area contributed by atoms with E-state index in [1.165, 1.54) is 6.42 Å². The first-order chi connectivity index (χ1) is 9.06. The number of nitrogen functional groups attached to an aromatic ring is 2. The second-order valence-electron chi connectivity index (χ2n) is 4.90. The third kappa shape index (κ3) is 5.20. The van der Waals surface area contributed by atoms with Crippen LogP contribution in [0.4, 0.5) is 11.4 Å².